The van der Waals surface area contributed by atoms with Crippen molar-refractivity contribution in [1.82, 2.24) is 15.5 Å². The lowest BCUT2D eigenvalue weighted by Gasteiger charge is -2.32. The van der Waals surface area contributed by atoms with E-state index in [2.05, 4.69) is 10.6 Å². The largest absolute Gasteiger partial charge is 0.332 e. The van der Waals surface area contributed by atoms with Crippen molar-refractivity contribution in [3.05, 3.63) is 30.3 Å². The molecular formula is C14H17N4O3. The standard InChI is InChI=1S/C14H17N4O3/c19-11-8-16-13(20)18(12-4-2-1-3-5-12)14(21)17-9-6-15-7-10-17/h1-5,15H,6-10H2,(H,16,20). The molecule has 1 fully saturated rings. The normalized spacial score (nSPS) is 14.4. The van der Waals surface area contributed by atoms with E-state index in [-0.39, 0.29) is 6.54 Å². The number of rotatable bonds is 3. The van der Waals surface area contributed by atoms with Crippen molar-refractivity contribution in [1.29, 1.82) is 0 Å². The minimum atomic E-state index is -0.631. The number of benzene rings is 1. The first kappa shape index (κ1) is 15.0. The second-order valence-electron chi connectivity index (χ2n) is 4.49. The van der Waals surface area contributed by atoms with Crippen molar-refractivity contribution < 1.29 is 14.4 Å². The Hall–Kier alpha value is -2.41. The molecule has 0 atom stereocenters. The third-order valence-corrected chi connectivity index (χ3v) is 3.11. The summed E-state index contributed by atoms with van der Waals surface area (Å²) < 4.78 is 0. The van der Waals surface area contributed by atoms with Crippen LogP contribution < -0.4 is 15.5 Å². The Morgan fingerprint density at radius 2 is 1.90 bits per heavy atom. The molecule has 7 nitrogen and oxygen atoms in total. The van der Waals surface area contributed by atoms with Crippen LogP contribution in [0.5, 0.6) is 0 Å². The molecule has 0 aliphatic carbocycles. The van der Waals surface area contributed by atoms with E-state index >= 15 is 0 Å². The molecule has 1 radical (unpaired) electrons. The Bertz CT molecular complexity index is 500. The van der Waals surface area contributed by atoms with Gasteiger partial charge in [0.15, 0.2) is 0 Å². The Kier molecular flexibility index (Phi) is 5.28. The van der Waals surface area contributed by atoms with Gasteiger partial charge in [0.25, 0.3) is 0 Å². The lowest BCUT2D eigenvalue weighted by Crippen LogP contribution is -2.55. The number of carbonyl (C=O) groups is 2. The Morgan fingerprint density at radius 3 is 2.52 bits per heavy atom. The molecule has 1 aliphatic heterocycles. The third kappa shape index (κ3) is 3.79. The number of carbonyl (C=O) groups excluding carboxylic acids is 3. The highest BCUT2D eigenvalue weighted by Crippen LogP contribution is 2.16. The fraction of sp³-hybridized carbons (Fsp3) is 0.357. The van der Waals surface area contributed by atoms with Crippen LogP contribution in [0.25, 0.3) is 0 Å². The minimum Gasteiger partial charge on any atom is -0.330 e. The first-order chi connectivity index (χ1) is 10.2. The molecule has 21 heavy (non-hydrogen) atoms. The molecule has 0 aromatic heterocycles. The first-order valence-corrected chi connectivity index (χ1v) is 6.71. The molecule has 0 saturated carbocycles. The molecule has 1 saturated heterocycles. The molecule has 0 bridgehead atoms. The van der Waals surface area contributed by atoms with E-state index in [0.717, 1.165) is 4.90 Å². The molecular weight excluding hydrogens is 272 g/mol. The summed E-state index contributed by atoms with van der Waals surface area (Å²) in [5, 5.41) is 5.50. The van der Waals surface area contributed by atoms with Gasteiger partial charge < -0.3 is 15.5 Å². The molecule has 2 rings (SSSR count). The zero-order valence-corrected chi connectivity index (χ0v) is 11.5. The summed E-state index contributed by atoms with van der Waals surface area (Å²) in [5.74, 6) is 0. The number of para-hydroxylation sites is 1. The van der Waals surface area contributed by atoms with Gasteiger partial charge in [-0.1, -0.05) is 18.2 Å². The first-order valence-electron chi connectivity index (χ1n) is 6.71. The van der Waals surface area contributed by atoms with Crippen molar-refractivity contribution in [3.8, 4) is 0 Å². The van der Waals surface area contributed by atoms with E-state index in [9.17, 15) is 14.4 Å². The summed E-state index contributed by atoms with van der Waals surface area (Å²) in [7, 11) is 0. The quantitative estimate of drug-likeness (QED) is 0.840. The van der Waals surface area contributed by atoms with Crippen molar-refractivity contribution >= 4 is 24.0 Å². The predicted octanol–water partition coefficient (Wildman–Crippen LogP) is 0.338. The van der Waals surface area contributed by atoms with Crippen molar-refractivity contribution in [3.63, 3.8) is 0 Å². The van der Waals surface area contributed by atoms with Gasteiger partial charge in [0.1, 0.15) is 0 Å². The van der Waals surface area contributed by atoms with E-state index in [4.69, 9.17) is 0 Å². The number of hydrogen-bond donors (Lipinski definition) is 2. The minimum absolute atomic E-state index is 0.253. The lowest BCUT2D eigenvalue weighted by atomic mass is 10.3. The zero-order valence-electron chi connectivity index (χ0n) is 11.5. The van der Waals surface area contributed by atoms with E-state index in [0.29, 0.717) is 31.9 Å². The van der Waals surface area contributed by atoms with Gasteiger partial charge in [0.05, 0.1) is 12.2 Å². The van der Waals surface area contributed by atoms with Crippen LogP contribution in [0.1, 0.15) is 0 Å². The molecule has 2 N–H and O–H groups in total. The monoisotopic (exact) mass is 289 g/mol. The molecule has 4 amide bonds. The summed E-state index contributed by atoms with van der Waals surface area (Å²) >= 11 is 0. The van der Waals surface area contributed by atoms with Crippen LogP contribution >= 0.6 is 0 Å². The molecule has 111 valence electrons. The van der Waals surface area contributed by atoms with Gasteiger partial charge in [-0.2, -0.15) is 0 Å². The number of nitrogens with zero attached hydrogens (tertiary/aromatic N) is 2. The number of anilines is 1. The lowest BCUT2D eigenvalue weighted by molar-refractivity contribution is 0.195. The van der Waals surface area contributed by atoms with E-state index in [1.165, 1.54) is 0 Å². The zero-order chi connectivity index (χ0) is 15.1. The predicted molar refractivity (Wildman–Crippen MR) is 77.9 cm³/mol. The van der Waals surface area contributed by atoms with Crippen LogP contribution in [0, 0.1) is 0 Å². The average Bonchev–Trinajstić information content (AvgIpc) is 2.55. The van der Waals surface area contributed by atoms with E-state index < -0.39 is 12.1 Å². The van der Waals surface area contributed by atoms with Gasteiger partial charge in [0, 0.05) is 26.2 Å². The number of piperazine rings is 1. The van der Waals surface area contributed by atoms with Gasteiger partial charge in [-0.3, -0.25) is 4.79 Å². The maximum Gasteiger partial charge on any atom is 0.332 e. The maximum atomic E-state index is 12.6. The highest BCUT2D eigenvalue weighted by molar-refractivity contribution is 6.13. The Morgan fingerprint density at radius 1 is 1.24 bits per heavy atom. The fourth-order valence-electron chi connectivity index (χ4n) is 2.08. The van der Waals surface area contributed by atoms with Crippen LogP contribution in [0.15, 0.2) is 30.3 Å². The number of nitrogens with one attached hydrogen (secondary N) is 2. The van der Waals surface area contributed by atoms with Crippen LogP contribution in [0.2, 0.25) is 0 Å². The fourth-order valence-corrected chi connectivity index (χ4v) is 2.08. The summed E-state index contributed by atoms with van der Waals surface area (Å²) in [6.45, 7) is 2.21. The second-order valence-corrected chi connectivity index (χ2v) is 4.49. The molecule has 7 heteroatoms. The van der Waals surface area contributed by atoms with Crippen LogP contribution in [0.4, 0.5) is 15.3 Å². The molecule has 0 spiro atoms. The molecule has 1 aromatic carbocycles. The summed E-state index contributed by atoms with van der Waals surface area (Å²) in [4.78, 5) is 37.7. The van der Waals surface area contributed by atoms with Gasteiger partial charge >= 0.3 is 12.1 Å². The van der Waals surface area contributed by atoms with Gasteiger partial charge in [-0.05, 0) is 12.1 Å². The highest BCUT2D eigenvalue weighted by Gasteiger charge is 2.28. The number of hydrogen-bond acceptors (Lipinski definition) is 4. The van der Waals surface area contributed by atoms with E-state index in [1.807, 2.05) is 0 Å². The molecule has 1 heterocycles. The summed E-state index contributed by atoms with van der Waals surface area (Å²) in [6.07, 6.45) is 1.58. The van der Waals surface area contributed by atoms with Gasteiger partial charge in [-0.25, -0.2) is 14.5 Å². The molecule has 1 aliphatic rings. The number of imide groups is 1. The molecule has 0 unspecified atom stereocenters. The Balaban J connectivity index is 2.20. The highest BCUT2D eigenvalue weighted by atomic mass is 16.2. The van der Waals surface area contributed by atoms with Crippen molar-refractivity contribution in [2.75, 3.05) is 37.6 Å². The maximum absolute atomic E-state index is 12.6. The van der Waals surface area contributed by atoms with Crippen molar-refractivity contribution in [2.45, 2.75) is 0 Å². The van der Waals surface area contributed by atoms with Crippen LogP contribution in [-0.4, -0.2) is 56.0 Å². The summed E-state index contributed by atoms with van der Waals surface area (Å²) in [6, 6.07) is 7.60. The topological polar surface area (TPSA) is 81.8 Å². The second kappa shape index (κ2) is 7.39. The summed E-state index contributed by atoms with van der Waals surface area (Å²) in [5.41, 5.74) is 0.462. The number of amides is 4. The average molecular weight is 289 g/mol. The smallest absolute Gasteiger partial charge is 0.330 e. The number of urea groups is 2. The SMILES string of the molecule is O=[C]CNC(=O)N(C(=O)N1CCNCC1)c1ccccc1. The van der Waals surface area contributed by atoms with Gasteiger partial charge in [0.2, 0.25) is 6.29 Å². The van der Waals surface area contributed by atoms with Crippen molar-refractivity contribution in [2.24, 2.45) is 0 Å². The third-order valence-electron chi connectivity index (χ3n) is 3.11. The van der Waals surface area contributed by atoms with E-state index in [1.54, 1.807) is 41.5 Å². The van der Waals surface area contributed by atoms with Gasteiger partial charge in [-0.15, -0.1) is 0 Å². The van der Waals surface area contributed by atoms with Crippen LogP contribution in [-0.2, 0) is 4.79 Å². The Labute approximate surface area is 122 Å². The molecule has 1 aromatic rings. The van der Waals surface area contributed by atoms with Crippen LogP contribution in [0.3, 0.4) is 0 Å².